The third kappa shape index (κ3) is 3.00. The first kappa shape index (κ1) is 14.8. The Bertz CT molecular complexity index is 795. The molecule has 5 nitrogen and oxygen atoms in total. The minimum Gasteiger partial charge on any atom is -0.353 e. The van der Waals surface area contributed by atoms with Crippen molar-refractivity contribution in [3.05, 3.63) is 66.2 Å². The summed E-state index contributed by atoms with van der Waals surface area (Å²) in [6, 6.07) is 12.4. The molecular weight excluding hydrogens is 307 g/mol. The summed E-state index contributed by atoms with van der Waals surface area (Å²) < 4.78 is 18.9. The molecule has 1 aromatic carbocycles. The van der Waals surface area contributed by atoms with Gasteiger partial charge in [-0.05, 0) is 36.2 Å². The van der Waals surface area contributed by atoms with E-state index in [2.05, 4.69) is 20.1 Å². The third-order valence-electron chi connectivity index (χ3n) is 4.22. The molecule has 1 saturated heterocycles. The van der Waals surface area contributed by atoms with Gasteiger partial charge in [0.25, 0.3) is 0 Å². The molecule has 3 heterocycles. The van der Waals surface area contributed by atoms with Crippen molar-refractivity contribution in [1.82, 2.24) is 15.2 Å². The smallest absolute Gasteiger partial charge is 0.126 e. The minimum absolute atomic E-state index is 0.00411. The van der Waals surface area contributed by atoms with E-state index in [0.717, 1.165) is 35.6 Å². The summed E-state index contributed by atoms with van der Waals surface area (Å²) in [7, 11) is 0. The molecule has 122 valence electrons. The lowest BCUT2D eigenvalue weighted by atomic mass is 10.1. The molecule has 4 rings (SSSR count). The Labute approximate surface area is 139 Å². The van der Waals surface area contributed by atoms with Crippen LogP contribution in [-0.2, 0) is 4.74 Å². The number of H-pyrrole nitrogens is 1. The van der Waals surface area contributed by atoms with Crippen LogP contribution in [0.1, 0.15) is 18.1 Å². The number of aromatic nitrogens is 3. The molecule has 0 radical (unpaired) electrons. The second kappa shape index (κ2) is 6.41. The lowest BCUT2D eigenvalue weighted by molar-refractivity contribution is 0.0237. The van der Waals surface area contributed by atoms with Crippen molar-refractivity contribution in [2.75, 3.05) is 18.2 Å². The molecule has 6 heteroatoms. The van der Waals surface area contributed by atoms with Crippen LogP contribution in [0.25, 0.3) is 11.3 Å². The van der Waals surface area contributed by atoms with E-state index < -0.39 is 0 Å². The molecule has 0 bridgehead atoms. The molecule has 0 aliphatic carbocycles. The van der Waals surface area contributed by atoms with Gasteiger partial charge in [0, 0.05) is 30.6 Å². The number of nitrogens with zero attached hydrogens (tertiary/aromatic N) is 3. The Kier molecular flexibility index (Phi) is 3.96. The number of benzene rings is 1. The van der Waals surface area contributed by atoms with Crippen LogP contribution in [0.4, 0.5) is 10.2 Å². The van der Waals surface area contributed by atoms with Crippen LogP contribution in [0, 0.1) is 5.82 Å². The summed E-state index contributed by atoms with van der Waals surface area (Å²) in [6.45, 7) is 1.32. The lowest BCUT2D eigenvalue weighted by Crippen LogP contribution is -2.34. The number of ether oxygens (including phenoxy) is 1. The quantitative estimate of drug-likeness (QED) is 0.801. The maximum atomic E-state index is 13.0. The predicted octanol–water partition coefficient (Wildman–Crippen LogP) is 3.54. The molecule has 0 amide bonds. The van der Waals surface area contributed by atoms with Crippen LogP contribution < -0.4 is 4.90 Å². The van der Waals surface area contributed by atoms with Crippen LogP contribution in [0.3, 0.4) is 0 Å². The second-order valence-corrected chi connectivity index (χ2v) is 5.76. The van der Waals surface area contributed by atoms with Crippen molar-refractivity contribution in [2.24, 2.45) is 0 Å². The van der Waals surface area contributed by atoms with Crippen LogP contribution in [0.15, 0.2) is 54.9 Å². The fourth-order valence-corrected chi connectivity index (χ4v) is 2.88. The summed E-state index contributed by atoms with van der Waals surface area (Å²) >= 11 is 0. The van der Waals surface area contributed by atoms with E-state index in [1.807, 2.05) is 18.2 Å². The van der Waals surface area contributed by atoms with E-state index in [4.69, 9.17) is 4.74 Å². The molecule has 24 heavy (non-hydrogen) atoms. The van der Waals surface area contributed by atoms with Gasteiger partial charge in [-0.15, -0.1) is 0 Å². The molecule has 1 aliphatic heterocycles. The standard InChI is InChI=1S/C18H17FN4O/c19-15-3-1-14(2-4-15)17-7-10-23(12-24-17)18-11-16(21-22-18)13-5-8-20-9-6-13/h1-6,8-9,11,17H,7,10,12H2,(H,21,22). The van der Waals surface area contributed by atoms with Gasteiger partial charge in [-0.1, -0.05) is 12.1 Å². The van der Waals surface area contributed by atoms with Crippen molar-refractivity contribution in [3.8, 4) is 11.3 Å². The highest BCUT2D eigenvalue weighted by Gasteiger charge is 2.22. The van der Waals surface area contributed by atoms with Gasteiger partial charge in [0.1, 0.15) is 18.4 Å². The average Bonchev–Trinajstić information content (AvgIpc) is 3.13. The Morgan fingerprint density at radius 3 is 2.62 bits per heavy atom. The Morgan fingerprint density at radius 1 is 1.12 bits per heavy atom. The molecule has 1 N–H and O–H groups in total. The first-order chi connectivity index (χ1) is 11.8. The maximum absolute atomic E-state index is 13.0. The van der Waals surface area contributed by atoms with Gasteiger partial charge < -0.3 is 9.64 Å². The summed E-state index contributed by atoms with van der Waals surface area (Å²) in [5.41, 5.74) is 2.92. The number of hydrogen-bond acceptors (Lipinski definition) is 4. The molecule has 0 spiro atoms. The van der Waals surface area contributed by atoms with Crippen molar-refractivity contribution >= 4 is 5.82 Å². The van der Waals surface area contributed by atoms with Crippen LogP contribution in [0.5, 0.6) is 0 Å². The summed E-state index contributed by atoms with van der Waals surface area (Å²) in [5.74, 6) is 0.705. The second-order valence-electron chi connectivity index (χ2n) is 5.76. The topological polar surface area (TPSA) is 54.0 Å². The molecule has 0 saturated carbocycles. The SMILES string of the molecule is Fc1ccc(C2CCN(c3cc(-c4ccncc4)n[nH]3)CO2)cc1. The molecule has 1 unspecified atom stereocenters. The zero-order valence-corrected chi connectivity index (χ0v) is 13.0. The van der Waals surface area contributed by atoms with Gasteiger partial charge in [-0.2, -0.15) is 5.10 Å². The largest absolute Gasteiger partial charge is 0.353 e. The number of pyridine rings is 1. The number of halogens is 1. The number of hydrogen-bond donors (Lipinski definition) is 1. The molecule has 1 aliphatic rings. The minimum atomic E-state index is -0.225. The highest BCUT2D eigenvalue weighted by atomic mass is 19.1. The fraction of sp³-hybridized carbons (Fsp3) is 0.222. The first-order valence-corrected chi connectivity index (χ1v) is 7.87. The summed E-state index contributed by atoms with van der Waals surface area (Å²) in [6.07, 6.45) is 4.35. The first-order valence-electron chi connectivity index (χ1n) is 7.87. The molecule has 1 fully saturated rings. The molecular formula is C18H17FN4O. The van der Waals surface area contributed by atoms with E-state index in [9.17, 15) is 4.39 Å². The number of nitrogens with one attached hydrogen (secondary N) is 1. The summed E-state index contributed by atoms with van der Waals surface area (Å²) in [4.78, 5) is 6.13. The lowest BCUT2D eigenvalue weighted by Gasteiger charge is -2.32. The zero-order chi connectivity index (χ0) is 16.4. The molecule has 2 aromatic heterocycles. The number of aromatic amines is 1. The fourth-order valence-electron chi connectivity index (χ4n) is 2.88. The zero-order valence-electron chi connectivity index (χ0n) is 13.0. The number of anilines is 1. The predicted molar refractivity (Wildman–Crippen MR) is 88.9 cm³/mol. The van der Waals surface area contributed by atoms with Crippen molar-refractivity contribution < 1.29 is 9.13 Å². The average molecular weight is 324 g/mol. The van der Waals surface area contributed by atoms with Crippen LogP contribution in [-0.4, -0.2) is 28.5 Å². The number of rotatable bonds is 3. The Balaban J connectivity index is 1.43. The van der Waals surface area contributed by atoms with E-state index in [0.29, 0.717) is 6.73 Å². The molecule has 3 aromatic rings. The van der Waals surface area contributed by atoms with Crippen molar-refractivity contribution in [2.45, 2.75) is 12.5 Å². The Hall–Kier alpha value is -2.73. The van der Waals surface area contributed by atoms with Crippen LogP contribution in [0.2, 0.25) is 0 Å². The normalized spacial score (nSPS) is 17.9. The molecule has 1 atom stereocenters. The van der Waals surface area contributed by atoms with E-state index in [1.165, 1.54) is 12.1 Å². The highest BCUT2D eigenvalue weighted by Crippen LogP contribution is 2.29. The van der Waals surface area contributed by atoms with Gasteiger partial charge in [0.05, 0.1) is 11.8 Å². The van der Waals surface area contributed by atoms with Crippen molar-refractivity contribution in [3.63, 3.8) is 0 Å². The van der Waals surface area contributed by atoms with Gasteiger partial charge in [0.15, 0.2) is 0 Å². The van der Waals surface area contributed by atoms with Gasteiger partial charge in [-0.3, -0.25) is 10.1 Å². The van der Waals surface area contributed by atoms with E-state index in [1.54, 1.807) is 24.5 Å². The highest BCUT2D eigenvalue weighted by molar-refractivity contribution is 5.62. The van der Waals surface area contributed by atoms with Crippen molar-refractivity contribution in [1.29, 1.82) is 0 Å². The van der Waals surface area contributed by atoms with Gasteiger partial charge >= 0.3 is 0 Å². The van der Waals surface area contributed by atoms with E-state index in [-0.39, 0.29) is 11.9 Å². The maximum Gasteiger partial charge on any atom is 0.126 e. The van der Waals surface area contributed by atoms with Crippen LogP contribution >= 0.6 is 0 Å². The third-order valence-corrected chi connectivity index (χ3v) is 4.22. The van der Waals surface area contributed by atoms with Gasteiger partial charge in [0.2, 0.25) is 0 Å². The summed E-state index contributed by atoms with van der Waals surface area (Å²) in [5, 5.41) is 7.42. The Morgan fingerprint density at radius 2 is 1.92 bits per heavy atom. The monoisotopic (exact) mass is 324 g/mol. The van der Waals surface area contributed by atoms with Gasteiger partial charge in [-0.25, -0.2) is 4.39 Å². The van der Waals surface area contributed by atoms with E-state index >= 15 is 0 Å².